The first-order valence-electron chi connectivity index (χ1n) is 6.87. The second-order valence-corrected chi connectivity index (χ2v) is 5.49. The van der Waals surface area contributed by atoms with Gasteiger partial charge in [0.05, 0.1) is 12.1 Å². The number of carbonyl (C=O) groups excluding carboxylic acids is 1. The fourth-order valence-electron chi connectivity index (χ4n) is 2.01. The van der Waals surface area contributed by atoms with Gasteiger partial charge in [-0.25, -0.2) is 4.79 Å². The summed E-state index contributed by atoms with van der Waals surface area (Å²) in [6.07, 6.45) is 1.63. The van der Waals surface area contributed by atoms with Crippen LogP contribution in [0.2, 0.25) is 0 Å². The second-order valence-electron chi connectivity index (χ2n) is 5.49. The molecule has 5 heteroatoms. The van der Waals surface area contributed by atoms with Crippen LogP contribution >= 0.6 is 0 Å². The molecule has 0 radical (unpaired) electrons. The number of hydrogen-bond acceptors (Lipinski definition) is 3. The number of nitrogens with one attached hydrogen (secondary N) is 2. The third-order valence-corrected chi connectivity index (χ3v) is 3.21. The summed E-state index contributed by atoms with van der Waals surface area (Å²) in [6, 6.07) is 7.28. The minimum Gasteiger partial charge on any atom is -0.394 e. The fourth-order valence-corrected chi connectivity index (χ4v) is 2.01. The van der Waals surface area contributed by atoms with E-state index in [4.69, 9.17) is 0 Å². The topological polar surface area (TPSA) is 64.6 Å². The molecule has 0 spiro atoms. The highest BCUT2D eigenvalue weighted by Crippen LogP contribution is 2.16. The van der Waals surface area contributed by atoms with Gasteiger partial charge in [0.1, 0.15) is 0 Å². The van der Waals surface area contributed by atoms with Gasteiger partial charge >= 0.3 is 6.03 Å². The smallest absolute Gasteiger partial charge is 0.319 e. The number of aliphatic hydroxyl groups is 1. The summed E-state index contributed by atoms with van der Waals surface area (Å²) in [7, 11) is 3.93. The van der Waals surface area contributed by atoms with E-state index in [1.165, 1.54) is 0 Å². The van der Waals surface area contributed by atoms with Crippen LogP contribution in [0.5, 0.6) is 0 Å². The molecule has 0 aliphatic carbocycles. The second kappa shape index (κ2) is 7.14. The average Bonchev–Trinajstić information content (AvgIpc) is 2.39. The normalized spacial score (nSPS) is 13.4. The Hall–Kier alpha value is -1.75. The van der Waals surface area contributed by atoms with Crippen LogP contribution in [-0.2, 0) is 0 Å². The number of aliphatic hydroxyl groups excluding tert-OH is 1. The summed E-state index contributed by atoms with van der Waals surface area (Å²) in [4.78, 5) is 13.9. The summed E-state index contributed by atoms with van der Waals surface area (Å²) < 4.78 is 0. The van der Waals surface area contributed by atoms with Crippen molar-refractivity contribution in [2.24, 2.45) is 0 Å². The first-order chi connectivity index (χ1) is 9.40. The molecule has 0 aliphatic heterocycles. The highest BCUT2D eigenvalue weighted by Gasteiger charge is 2.24. The predicted octanol–water partition coefficient (Wildman–Crippen LogP) is 2.43. The molecule has 0 heterocycles. The number of carbonyl (C=O) groups is 1. The van der Waals surface area contributed by atoms with Crippen molar-refractivity contribution < 1.29 is 9.90 Å². The number of amides is 2. The number of hydrogen-bond donors (Lipinski definition) is 3. The maximum Gasteiger partial charge on any atom is 0.319 e. The molecule has 1 aromatic carbocycles. The van der Waals surface area contributed by atoms with E-state index in [2.05, 4.69) is 10.6 Å². The molecular formula is C15H25N3O2. The summed E-state index contributed by atoms with van der Waals surface area (Å²) in [5, 5.41) is 15.0. The molecule has 2 amide bonds. The number of rotatable bonds is 6. The van der Waals surface area contributed by atoms with Crippen molar-refractivity contribution in [3.05, 3.63) is 24.3 Å². The van der Waals surface area contributed by atoms with E-state index in [0.717, 1.165) is 24.2 Å². The number of urea groups is 1. The van der Waals surface area contributed by atoms with E-state index in [-0.39, 0.29) is 12.6 Å². The lowest BCUT2D eigenvalue weighted by Crippen LogP contribution is -2.50. The van der Waals surface area contributed by atoms with Crippen molar-refractivity contribution in [2.45, 2.75) is 32.2 Å². The average molecular weight is 279 g/mol. The van der Waals surface area contributed by atoms with Gasteiger partial charge in [-0.15, -0.1) is 0 Å². The Kier molecular flexibility index (Phi) is 5.82. The SMILES string of the molecule is CCCC(C)(CO)NC(=O)Nc1ccc(N(C)C)cc1. The molecule has 3 N–H and O–H groups in total. The lowest BCUT2D eigenvalue weighted by atomic mass is 9.98. The van der Waals surface area contributed by atoms with Crippen molar-refractivity contribution in [2.75, 3.05) is 30.9 Å². The Morgan fingerprint density at radius 3 is 2.35 bits per heavy atom. The van der Waals surface area contributed by atoms with Crippen molar-refractivity contribution >= 4 is 17.4 Å². The molecule has 0 fully saturated rings. The molecule has 0 aliphatic rings. The van der Waals surface area contributed by atoms with Crippen LogP contribution < -0.4 is 15.5 Å². The largest absolute Gasteiger partial charge is 0.394 e. The zero-order valence-corrected chi connectivity index (χ0v) is 12.7. The monoisotopic (exact) mass is 279 g/mol. The van der Waals surface area contributed by atoms with Gasteiger partial charge in [0, 0.05) is 25.5 Å². The first kappa shape index (κ1) is 16.3. The van der Waals surface area contributed by atoms with Gasteiger partial charge in [-0.05, 0) is 37.6 Å². The van der Waals surface area contributed by atoms with Crippen LogP contribution in [0.15, 0.2) is 24.3 Å². The van der Waals surface area contributed by atoms with Gasteiger partial charge in [0.2, 0.25) is 0 Å². The molecule has 0 saturated heterocycles. The summed E-state index contributed by atoms with van der Waals surface area (Å²) in [6.45, 7) is 3.78. The molecular weight excluding hydrogens is 254 g/mol. The van der Waals surface area contributed by atoms with Crippen molar-refractivity contribution in [3.8, 4) is 0 Å². The lowest BCUT2D eigenvalue weighted by molar-refractivity contribution is 0.167. The Labute approximate surface area is 121 Å². The predicted molar refractivity (Wildman–Crippen MR) is 83.3 cm³/mol. The van der Waals surface area contributed by atoms with Gasteiger partial charge in [0.25, 0.3) is 0 Å². The minimum atomic E-state index is -0.581. The van der Waals surface area contributed by atoms with E-state index in [1.54, 1.807) is 0 Å². The Morgan fingerprint density at radius 1 is 1.30 bits per heavy atom. The van der Waals surface area contributed by atoms with Crippen LogP contribution in [0, 0.1) is 0 Å². The molecule has 0 saturated carbocycles. The third-order valence-electron chi connectivity index (χ3n) is 3.21. The van der Waals surface area contributed by atoms with E-state index < -0.39 is 5.54 Å². The molecule has 0 bridgehead atoms. The van der Waals surface area contributed by atoms with E-state index in [1.807, 2.05) is 57.1 Å². The van der Waals surface area contributed by atoms with Crippen molar-refractivity contribution in [3.63, 3.8) is 0 Å². The maximum atomic E-state index is 11.9. The summed E-state index contributed by atoms with van der Waals surface area (Å²) in [5.74, 6) is 0. The summed E-state index contributed by atoms with van der Waals surface area (Å²) >= 11 is 0. The van der Waals surface area contributed by atoms with Gasteiger partial charge in [-0.2, -0.15) is 0 Å². The van der Waals surface area contributed by atoms with Crippen LogP contribution in [0.4, 0.5) is 16.2 Å². The highest BCUT2D eigenvalue weighted by atomic mass is 16.3. The van der Waals surface area contributed by atoms with Crippen LogP contribution in [0.1, 0.15) is 26.7 Å². The number of anilines is 2. The zero-order chi connectivity index (χ0) is 15.2. The van der Waals surface area contributed by atoms with E-state index in [9.17, 15) is 9.90 Å². The molecule has 20 heavy (non-hydrogen) atoms. The number of benzene rings is 1. The van der Waals surface area contributed by atoms with Gasteiger partial charge in [-0.1, -0.05) is 13.3 Å². The minimum absolute atomic E-state index is 0.0756. The standard InChI is InChI=1S/C15H25N3O2/c1-5-10-15(2,11-19)17-14(20)16-12-6-8-13(9-7-12)18(3)4/h6-9,19H,5,10-11H2,1-4H3,(H2,16,17,20). The third kappa shape index (κ3) is 4.74. The van der Waals surface area contributed by atoms with Crippen LogP contribution in [0.3, 0.4) is 0 Å². The van der Waals surface area contributed by atoms with Crippen LogP contribution in [-0.4, -0.2) is 37.4 Å². The maximum absolute atomic E-state index is 11.9. The first-order valence-corrected chi connectivity index (χ1v) is 6.87. The van der Waals surface area contributed by atoms with Crippen LogP contribution in [0.25, 0.3) is 0 Å². The molecule has 1 atom stereocenters. The molecule has 1 unspecified atom stereocenters. The van der Waals surface area contributed by atoms with Crippen molar-refractivity contribution in [1.29, 1.82) is 0 Å². The van der Waals surface area contributed by atoms with E-state index >= 15 is 0 Å². The summed E-state index contributed by atoms with van der Waals surface area (Å²) in [5.41, 5.74) is 1.22. The molecule has 5 nitrogen and oxygen atoms in total. The van der Waals surface area contributed by atoms with E-state index in [0.29, 0.717) is 0 Å². The quantitative estimate of drug-likeness (QED) is 0.749. The molecule has 1 rings (SSSR count). The zero-order valence-electron chi connectivity index (χ0n) is 12.7. The Morgan fingerprint density at radius 2 is 1.90 bits per heavy atom. The van der Waals surface area contributed by atoms with Crippen molar-refractivity contribution in [1.82, 2.24) is 5.32 Å². The lowest BCUT2D eigenvalue weighted by Gasteiger charge is -2.28. The Bertz CT molecular complexity index is 431. The Balaban J connectivity index is 2.61. The van der Waals surface area contributed by atoms with Gasteiger partial charge < -0.3 is 20.6 Å². The highest BCUT2D eigenvalue weighted by molar-refractivity contribution is 5.89. The molecule has 1 aromatic rings. The molecule has 112 valence electrons. The number of nitrogens with zero attached hydrogens (tertiary/aromatic N) is 1. The van der Waals surface area contributed by atoms with Gasteiger partial charge in [-0.3, -0.25) is 0 Å². The van der Waals surface area contributed by atoms with Gasteiger partial charge in [0.15, 0.2) is 0 Å². The fraction of sp³-hybridized carbons (Fsp3) is 0.533. The molecule has 0 aromatic heterocycles.